The lowest BCUT2D eigenvalue weighted by Crippen LogP contribution is -2.46. The summed E-state index contributed by atoms with van der Waals surface area (Å²) in [5.74, 6) is -0.639. The molecular formula is C23H28FN3O2. The molecule has 0 saturated carbocycles. The monoisotopic (exact) mass is 397 g/mol. The SMILES string of the molecule is Cc1ccc(NC(=O)[C@H](CC2CCN(C)CC2)NC(=O)c2ccc(F)cc2)cc1. The Balaban J connectivity index is 1.71. The molecule has 2 aromatic rings. The van der Waals surface area contributed by atoms with Gasteiger partial charge in [0.15, 0.2) is 0 Å². The fourth-order valence-corrected chi connectivity index (χ4v) is 3.57. The van der Waals surface area contributed by atoms with Crippen LogP contribution in [0.2, 0.25) is 0 Å². The molecule has 0 radical (unpaired) electrons. The van der Waals surface area contributed by atoms with Crippen molar-refractivity contribution < 1.29 is 14.0 Å². The molecule has 2 N–H and O–H groups in total. The molecular weight excluding hydrogens is 369 g/mol. The number of nitrogens with one attached hydrogen (secondary N) is 2. The molecule has 2 aromatic carbocycles. The van der Waals surface area contributed by atoms with Crippen LogP contribution in [-0.4, -0.2) is 42.9 Å². The number of rotatable bonds is 6. The van der Waals surface area contributed by atoms with Crippen molar-refractivity contribution in [3.8, 4) is 0 Å². The van der Waals surface area contributed by atoms with E-state index in [9.17, 15) is 14.0 Å². The molecule has 0 spiro atoms. The van der Waals surface area contributed by atoms with Crippen LogP contribution in [0, 0.1) is 18.7 Å². The second-order valence-corrected chi connectivity index (χ2v) is 7.87. The fourth-order valence-electron chi connectivity index (χ4n) is 3.57. The Morgan fingerprint density at radius 1 is 1.07 bits per heavy atom. The molecule has 1 saturated heterocycles. The zero-order valence-electron chi connectivity index (χ0n) is 17.0. The predicted molar refractivity (Wildman–Crippen MR) is 112 cm³/mol. The first-order chi connectivity index (χ1) is 13.9. The summed E-state index contributed by atoms with van der Waals surface area (Å²) in [6, 6.07) is 12.2. The minimum atomic E-state index is -0.651. The summed E-state index contributed by atoms with van der Waals surface area (Å²) in [7, 11) is 2.09. The number of hydrogen-bond acceptors (Lipinski definition) is 3. The lowest BCUT2D eigenvalue weighted by Gasteiger charge is -2.31. The number of hydrogen-bond donors (Lipinski definition) is 2. The van der Waals surface area contributed by atoms with Crippen LogP contribution in [0.3, 0.4) is 0 Å². The first-order valence-electron chi connectivity index (χ1n) is 10.0. The molecule has 1 fully saturated rings. The number of likely N-dealkylation sites (tertiary alicyclic amines) is 1. The molecule has 1 aliphatic heterocycles. The summed E-state index contributed by atoms with van der Waals surface area (Å²) in [4.78, 5) is 27.9. The Morgan fingerprint density at radius 2 is 1.69 bits per heavy atom. The average Bonchev–Trinajstić information content (AvgIpc) is 2.71. The summed E-state index contributed by atoms with van der Waals surface area (Å²) in [6.07, 6.45) is 2.58. The quantitative estimate of drug-likeness (QED) is 0.783. The van der Waals surface area contributed by atoms with Gasteiger partial charge in [0.05, 0.1) is 0 Å². The maximum absolute atomic E-state index is 13.2. The van der Waals surface area contributed by atoms with E-state index >= 15 is 0 Å². The summed E-state index contributed by atoms with van der Waals surface area (Å²) in [5.41, 5.74) is 2.14. The van der Waals surface area contributed by atoms with Gasteiger partial charge >= 0.3 is 0 Å². The molecule has 154 valence electrons. The topological polar surface area (TPSA) is 61.4 Å². The highest BCUT2D eigenvalue weighted by Gasteiger charge is 2.27. The zero-order valence-corrected chi connectivity index (χ0v) is 17.0. The van der Waals surface area contributed by atoms with Crippen LogP contribution in [0.4, 0.5) is 10.1 Å². The largest absolute Gasteiger partial charge is 0.340 e. The van der Waals surface area contributed by atoms with Crippen LogP contribution in [0.1, 0.15) is 35.2 Å². The van der Waals surface area contributed by atoms with E-state index in [0.717, 1.165) is 31.5 Å². The van der Waals surface area contributed by atoms with E-state index in [1.54, 1.807) is 0 Å². The molecule has 3 rings (SSSR count). The van der Waals surface area contributed by atoms with Crippen molar-refractivity contribution >= 4 is 17.5 Å². The number of halogens is 1. The van der Waals surface area contributed by atoms with Gasteiger partial charge in [0.25, 0.3) is 5.91 Å². The lowest BCUT2D eigenvalue weighted by molar-refractivity contribution is -0.118. The van der Waals surface area contributed by atoms with Crippen molar-refractivity contribution in [2.45, 2.75) is 32.2 Å². The number of carbonyl (C=O) groups is 2. The van der Waals surface area contributed by atoms with Gasteiger partial charge in [-0.1, -0.05) is 17.7 Å². The van der Waals surface area contributed by atoms with Gasteiger partial charge in [-0.05, 0) is 88.6 Å². The second kappa shape index (κ2) is 9.65. The predicted octanol–water partition coefficient (Wildman–Crippen LogP) is 3.60. The van der Waals surface area contributed by atoms with Crippen molar-refractivity contribution in [2.75, 3.05) is 25.5 Å². The number of aryl methyl sites for hydroxylation is 1. The van der Waals surface area contributed by atoms with Gasteiger partial charge < -0.3 is 15.5 Å². The molecule has 2 amide bonds. The average molecular weight is 397 g/mol. The van der Waals surface area contributed by atoms with Crippen molar-refractivity contribution in [1.82, 2.24) is 10.2 Å². The van der Waals surface area contributed by atoms with Gasteiger partial charge in [-0.15, -0.1) is 0 Å². The first kappa shape index (κ1) is 21.0. The van der Waals surface area contributed by atoms with E-state index in [4.69, 9.17) is 0 Å². The van der Waals surface area contributed by atoms with Crippen molar-refractivity contribution in [2.24, 2.45) is 5.92 Å². The van der Waals surface area contributed by atoms with E-state index in [1.807, 2.05) is 31.2 Å². The van der Waals surface area contributed by atoms with Crippen molar-refractivity contribution in [1.29, 1.82) is 0 Å². The second-order valence-electron chi connectivity index (χ2n) is 7.87. The van der Waals surface area contributed by atoms with Gasteiger partial charge in [-0.25, -0.2) is 4.39 Å². The van der Waals surface area contributed by atoms with Gasteiger partial charge in [0, 0.05) is 11.3 Å². The highest BCUT2D eigenvalue weighted by atomic mass is 19.1. The maximum Gasteiger partial charge on any atom is 0.251 e. The molecule has 0 unspecified atom stereocenters. The van der Waals surface area contributed by atoms with E-state index in [0.29, 0.717) is 23.6 Å². The number of piperidine rings is 1. The molecule has 1 aliphatic rings. The smallest absolute Gasteiger partial charge is 0.251 e. The van der Waals surface area contributed by atoms with Gasteiger partial charge in [0.1, 0.15) is 11.9 Å². The normalized spacial score (nSPS) is 16.2. The maximum atomic E-state index is 13.2. The fraction of sp³-hybridized carbons (Fsp3) is 0.391. The summed E-state index contributed by atoms with van der Waals surface area (Å²) < 4.78 is 13.2. The first-order valence-corrected chi connectivity index (χ1v) is 10.0. The van der Waals surface area contributed by atoms with E-state index < -0.39 is 11.9 Å². The molecule has 1 heterocycles. The third-order valence-corrected chi connectivity index (χ3v) is 5.45. The minimum absolute atomic E-state index is 0.233. The Kier molecular flexibility index (Phi) is 6.99. The highest BCUT2D eigenvalue weighted by molar-refractivity contribution is 6.01. The zero-order chi connectivity index (χ0) is 20.8. The van der Waals surface area contributed by atoms with Crippen molar-refractivity contribution in [3.05, 3.63) is 65.5 Å². The summed E-state index contributed by atoms with van der Waals surface area (Å²) >= 11 is 0. The highest BCUT2D eigenvalue weighted by Crippen LogP contribution is 2.22. The number of benzene rings is 2. The van der Waals surface area contributed by atoms with Crippen LogP contribution in [0.5, 0.6) is 0 Å². The summed E-state index contributed by atoms with van der Waals surface area (Å²) in [6.45, 7) is 3.96. The number of anilines is 1. The van der Waals surface area contributed by atoms with Gasteiger partial charge in [0.2, 0.25) is 5.91 Å². The number of amides is 2. The Bertz CT molecular complexity index is 828. The molecule has 0 bridgehead atoms. The van der Waals surface area contributed by atoms with Crippen LogP contribution in [0.25, 0.3) is 0 Å². The van der Waals surface area contributed by atoms with Crippen molar-refractivity contribution in [3.63, 3.8) is 0 Å². The molecule has 0 aliphatic carbocycles. The van der Waals surface area contributed by atoms with E-state index in [-0.39, 0.29) is 11.8 Å². The Morgan fingerprint density at radius 3 is 2.31 bits per heavy atom. The van der Waals surface area contributed by atoms with Crippen LogP contribution < -0.4 is 10.6 Å². The minimum Gasteiger partial charge on any atom is -0.340 e. The third-order valence-electron chi connectivity index (χ3n) is 5.45. The van der Waals surface area contributed by atoms with Crippen LogP contribution in [-0.2, 0) is 4.79 Å². The lowest BCUT2D eigenvalue weighted by atomic mass is 9.90. The molecule has 6 heteroatoms. The summed E-state index contributed by atoms with van der Waals surface area (Å²) in [5, 5.41) is 5.77. The Labute approximate surface area is 171 Å². The van der Waals surface area contributed by atoms with Gasteiger partial charge in [-0.2, -0.15) is 0 Å². The third kappa shape index (κ3) is 6.12. The van der Waals surface area contributed by atoms with Crippen LogP contribution >= 0.6 is 0 Å². The van der Waals surface area contributed by atoms with Crippen LogP contribution in [0.15, 0.2) is 48.5 Å². The molecule has 0 aromatic heterocycles. The molecule has 29 heavy (non-hydrogen) atoms. The van der Waals surface area contributed by atoms with Gasteiger partial charge in [-0.3, -0.25) is 9.59 Å². The molecule has 5 nitrogen and oxygen atoms in total. The molecule has 1 atom stereocenters. The van der Waals surface area contributed by atoms with E-state index in [2.05, 4.69) is 22.6 Å². The van der Waals surface area contributed by atoms with E-state index in [1.165, 1.54) is 24.3 Å². The number of nitrogens with zero attached hydrogens (tertiary/aromatic N) is 1. The number of carbonyl (C=O) groups excluding carboxylic acids is 2. The standard InChI is InChI=1S/C23H28FN3O2/c1-16-3-9-20(10-4-16)25-23(29)21(15-17-11-13-27(2)14-12-17)26-22(28)18-5-7-19(24)8-6-18/h3-10,17,21H,11-15H2,1-2H3,(H,25,29)(H,26,28)/t21-/m0/s1. The Hall–Kier alpha value is -2.73.